The molecule has 2 heterocycles. The third-order valence-electron chi connectivity index (χ3n) is 3.79. The summed E-state index contributed by atoms with van der Waals surface area (Å²) in [5.41, 5.74) is 6.03. The average Bonchev–Trinajstić information content (AvgIpc) is 2.90. The zero-order valence-corrected chi connectivity index (χ0v) is 12.1. The van der Waals surface area contributed by atoms with Crippen molar-refractivity contribution in [3.05, 3.63) is 30.2 Å². The molecule has 20 heavy (non-hydrogen) atoms. The number of pyridine rings is 1. The topological polar surface area (TPSA) is 85.3 Å². The number of fused-ring (bicyclic) bond motifs is 1. The van der Waals surface area contributed by atoms with Gasteiger partial charge in [0.15, 0.2) is 11.5 Å². The van der Waals surface area contributed by atoms with Crippen LogP contribution in [0.25, 0.3) is 5.65 Å². The minimum atomic E-state index is -0.825. The molecule has 0 bridgehead atoms. The van der Waals surface area contributed by atoms with E-state index in [2.05, 4.69) is 15.5 Å². The van der Waals surface area contributed by atoms with Crippen LogP contribution in [-0.2, 0) is 4.79 Å². The van der Waals surface area contributed by atoms with E-state index in [-0.39, 0.29) is 11.9 Å². The van der Waals surface area contributed by atoms with Gasteiger partial charge >= 0.3 is 0 Å². The van der Waals surface area contributed by atoms with Crippen LogP contribution < -0.4 is 11.1 Å². The summed E-state index contributed by atoms with van der Waals surface area (Å²) < 4.78 is 1.86. The first-order valence-corrected chi connectivity index (χ1v) is 6.91. The van der Waals surface area contributed by atoms with Crippen LogP contribution in [-0.4, -0.2) is 26.0 Å². The molecule has 6 heteroatoms. The van der Waals surface area contributed by atoms with E-state index in [9.17, 15) is 4.79 Å². The number of nitrogens with one attached hydrogen (secondary N) is 1. The quantitative estimate of drug-likeness (QED) is 0.864. The first-order valence-electron chi connectivity index (χ1n) is 6.91. The Hall–Kier alpha value is -1.95. The zero-order chi connectivity index (χ0) is 14.8. The molecule has 0 aromatic carbocycles. The van der Waals surface area contributed by atoms with E-state index in [1.807, 2.05) is 49.6 Å². The lowest BCUT2D eigenvalue weighted by molar-refractivity contribution is -0.127. The van der Waals surface area contributed by atoms with Crippen molar-refractivity contribution in [2.45, 2.75) is 45.2 Å². The molecule has 6 nitrogen and oxygen atoms in total. The Kier molecular flexibility index (Phi) is 4.04. The van der Waals surface area contributed by atoms with Crippen molar-refractivity contribution < 1.29 is 4.79 Å². The third-order valence-corrected chi connectivity index (χ3v) is 3.79. The van der Waals surface area contributed by atoms with Crippen LogP contribution in [0.4, 0.5) is 0 Å². The van der Waals surface area contributed by atoms with E-state index in [0.717, 1.165) is 5.65 Å². The van der Waals surface area contributed by atoms with Crippen LogP contribution in [0.15, 0.2) is 24.4 Å². The Bertz CT molecular complexity index is 602. The highest BCUT2D eigenvalue weighted by Gasteiger charge is 2.31. The molecule has 108 valence electrons. The van der Waals surface area contributed by atoms with Gasteiger partial charge in [0.2, 0.25) is 5.91 Å². The number of carbonyl (C=O) groups is 1. The van der Waals surface area contributed by atoms with Crippen LogP contribution in [0.2, 0.25) is 0 Å². The van der Waals surface area contributed by atoms with E-state index in [4.69, 9.17) is 5.73 Å². The van der Waals surface area contributed by atoms with Crippen molar-refractivity contribution in [2.75, 3.05) is 0 Å². The van der Waals surface area contributed by atoms with E-state index in [0.29, 0.717) is 18.7 Å². The van der Waals surface area contributed by atoms with Gasteiger partial charge in [-0.15, -0.1) is 10.2 Å². The molecule has 0 radical (unpaired) electrons. The maximum Gasteiger partial charge on any atom is 0.240 e. The molecule has 2 aromatic rings. The summed E-state index contributed by atoms with van der Waals surface area (Å²) in [6.07, 6.45) is 3.08. The molecule has 2 aromatic heterocycles. The minimum Gasteiger partial charge on any atom is -0.345 e. The van der Waals surface area contributed by atoms with Gasteiger partial charge in [-0.1, -0.05) is 19.9 Å². The van der Waals surface area contributed by atoms with Crippen molar-refractivity contribution in [1.29, 1.82) is 0 Å². The van der Waals surface area contributed by atoms with Crippen molar-refractivity contribution >= 4 is 11.6 Å². The molecular weight excluding hydrogens is 254 g/mol. The molecule has 0 spiro atoms. The minimum absolute atomic E-state index is 0.150. The molecular formula is C14H21N5O. The molecule has 1 unspecified atom stereocenters. The molecule has 0 aliphatic carbocycles. The zero-order valence-electron chi connectivity index (χ0n) is 12.1. The number of hydrogen-bond acceptors (Lipinski definition) is 4. The van der Waals surface area contributed by atoms with Crippen molar-refractivity contribution in [1.82, 2.24) is 19.9 Å². The summed E-state index contributed by atoms with van der Waals surface area (Å²) in [6.45, 7) is 5.72. The Morgan fingerprint density at radius 1 is 1.40 bits per heavy atom. The Morgan fingerprint density at radius 2 is 2.10 bits per heavy atom. The predicted octanol–water partition coefficient (Wildman–Crippen LogP) is 1.42. The van der Waals surface area contributed by atoms with Crippen LogP contribution in [0, 0.1) is 0 Å². The van der Waals surface area contributed by atoms with Gasteiger partial charge in [0, 0.05) is 6.20 Å². The molecule has 0 fully saturated rings. The molecule has 0 saturated carbocycles. The van der Waals surface area contributed by atoms with Gasteiger partial charge in [0.25, 0.3) is 0 Å². The number of nitrogens with two attached hydrogens (primary N) is 1. The van der Waals surface area contributed by atoms with Crippen molar-refractivity contribution in [3.8, 4) is 0 Å². The van der Waals surface area contributed by atoms with Crippen LogP contribution in [0.3, 0.4) is 0 Å². The lowest BCUT2D eigenvalue weighted by Gasteiger charge is -2.26. The average molecular weight is 275 g/mol. The van der Waals surface area contributed by atoms with Gasteiger partial charge in [-0.3, -0.25) is 9.20 Å². The van der Waals surface area contributed by atoms with E-state index in [1.54, 1.807) is 0 Å². The highest BCUT2D eigenvalue weighted by Crippen LogP contribution is 2.16. The highest BCUT2D eigenvalue weighted by molar-refractivity contribution is 5.86. The monoisotopic (exact) mass is 275 g/mol. The van der Waals surface area contributed by atoms with E-state index in [1.165, 1.54) is 0 Å². The summed E-state index contributed by atoms with van der Waals surface area (Å²) >= 11 is 0. The SMILES string of the molecule is CCC(N)(CC)C(=O)NC(C)c1nnc2ccccn12. The second kappa shape index (κ2) is 5.58. The first-order chi connectivity index (χ1) is 9.51. The fraction of sp³-hybridized carbons (Fsp3) is 0.500. The molecule has 1 amide bonds. The van der Waals surface area contributed by atoms with E-state index < -0.39 is 5.54 Å². The number of amides is 1. The smallest absolute Gasteiger partial charge is 0.240 e. The largest absolute Gasteiger partial charge is 0.345 e. The summed E-state index contributed by atoms with van der Waals surface area (Å²) in [6, 6.07) is 5.42. The number of nitrogens with zero attached hydrogens (tertiary/aromatic N) is 3. The molecule has 1 atom stereocenters. The Morgan fingerprint density at radius 3 is 2.75 bits per heavy atom. The number of hydrogen-bond donors (Lipinski definition) is 2. The standard InChI is InChI=1S/C14H21N5O/c1-4-14(15,5-2)13(20)16-10(3)12-18-17-11-8-6-7-9-19(11)12/h6-10H,4-5,15H2,1-3H3,(H,16,20). The lowest BCUT2D eigenvalue weighted by atomic mass is 9.93. The van der Waals surface area contributed by atoms with E-state index >= 15 is 0 Å². The number of carbonyl (C=O) groups excluding carboxylic acids is 1. The summed E-state index contributed by atoms with van der Waals surface area (Å²) in [7, 11) is 0. The molecule has 2 rings (SSSR count). The first kappa shape index (κ1) is 14.5. The molecule has 0 saturated heterocycles. The summed E-state index contributed by atoms with van der Waals surface area (Å²) in [4.78, 5) is 12.3. The van der Waals surface area contributed by atoms with Gasteiger partial charge in [-0.25, -0.2) is 0 Å². The van der Waals surface area contributed by atoms with Gasteiger partial charge in [-0.05, 0) is 31.9 Å². The summed E-state index contributed by atoms with van der Waals surface area (Å²) in [5.74, 6) is 0.547. The Balaban J connectivity index is 2.20. The predicted molar refractivity (Wildman–Crippen MR) is 77.0 cm³/mol. The van der Waals surface area contributed by atoms with Gasteiger partial charge in [0.1, 0.15) is 0 Å². The van der Waals surface area contributed by atoms with Gasteiger partial charge < -0.3 is 11.1 Å². The summed E-state index contributed by atoms with van der Waals surface area (Å²) in [5, 5.41) is 11.1. The van der Waals surface area contributed by atoms with Crippen LogP contribution in [0.5, 0.6) is 0 Å². The molecule has 0 aliphatic heterocycles. The maximum atomic E-state index is 12.3. The van der Waals surface area contributed by atoms with Crippen molar-refractivity contribution in [3.63, 3.8) is 0 Å². The normalized spacial score (nSPS) is 13.4. The number of rotatable bonds is 5. The number of aromatic nitrogens is 3. The highest BCUT2D eigenvalue weighted by atomic mass is 16.2. The fourth-order valence-electron chi connectivity index (χ4n) is 2.13. The van der Waals surface area contributed by atoms with Crippen LogP contribution in [0.1, 0.15) is 45.5 Å². The van der Waals surface area contributed by atoms with Gasteiger partial charge in [-0.2, -0.15) is 0 Å². The Labute approximate surface area is 118 Å². The van der Waals surface area contributed by atoms with Crippen LogP contribution >= 0.6 is 0 Å². The second-order valence-electron chi connectivity index (χ2n) is 5.05. The third kappa shape index (κ3) is 2.51. The maximum absolute atomic E-state index is 12.3. The fourth-order valence-corrected chi connectivity index (χ4v) is 2.13. The lowest BCUT2D eigenvalue weighted by Crippen LogP contribution is -2.53. The van der Waals surface area contributed by atoms with Crippen molar-refractivity contribution in [2.24, 2.45) is 5.73 Å². The molecule has 3 N–H and O–H groups in total. The second-order valence-corrected chi connectivity index (χ2v) is 5.05. The van der Waals surface area contributed by atoms with Gasteiger partial charge in [0.05, 0.1) is 11.6 Å². The molecule has 0 aliphatic rings.